The lowest BCUT2D eigenvalue weighted by atomic mass is 10.1. The number of carboxylic acid groups (broad SMARTS) is 1. The van der Waals surface area contributed by atoms with Crippen molar-refractivity contribution in [3.05, 3.63) is 78.1 Å². The predicted octanol–water partition coefficient (Wildman–Crippen LogP) is 4.50. The first-order valence-corrected chi connectivity index (χ1v) is 8.61. The van der Waals surface area contributed by atoms with Crippen molar-refractivity contribution in [2.24, 2.45) is 0 Å². The first kappa shape index (κ1) is 16.8. The molecule has 0 radical (unpaired) electrons. The van der Waals surface area contributed by atoms with E-state index in [0.29, 0.717) is 0 Å². The molecule has 134 valence electrons. The summed E-state index contributed by atoms with van der Waals surface area (Å²) in [5.41, 5.74) is 3.90. The van der Waals surface area contributed by atoms with Crippen LogP contribution < -0.4 is 5.32 Å². The van der Waals surface area contributed by atoms with Gasteiger partial charge in [-0.1, -0.05) is 42.5 Å². The molecule has 0 amide bonds. The van der Waals surface area contributed by atoms with Crippen LogP contribution in [0.3, 0.4) is 0 Å². The van der Waals surface area contributed by atoms with Gasteiger partial charge >= 0.3 is 5.97 Å². The molecule has 0 saturated heterocycles. The summed E-state index contributed by atoms with van der Waals surface area (Å²) in [7, 11) is 0. The lowest BCUT2D eigenvalue weighted by Crippen LogP contribution is -2.08. The number of nitrogens with zero attached hydrogens (tertiary/aromatic N) is 2. The van der Waals surface area contributed by atoms with Crippen molar-refractivity contribution in [1.29, 1.82) is 0 Å². The molecule has 0 saturated carbocycles. The summed E-state index contributed by atoms with van der Waals surface area (Å²) >= 11 is 0. The average molecular weight is 358 g/mol. The quantitative estimate of drug-likeness (QED) is 0.489. The van der Waals surface area contributed by atoms with Gasteiger partial charge in [0.05, 0.1) is 10.9 Å². The number of carbonyl (C=O) groups is 1. The number of fused-ring (bicyclic) bond motifs is 1. The van der Waals surface area contributed by atoms with Crippen LogP contribution in [0.5, 0.6) is 0 Å². The maximum absolute atomic E-state index is 11.0. The molecule has 2 heterocycles. The predicted molar refractivity (Wildman–Crippen MR) is 105 cm³/mol. The smallest absolute Gasteiger partial charge is 0.335 e. The Morgan fingerprint density at radius 2 is 1.81 bits per heavy atom. The normalized spacial score (nSPS) is 12.0. The van der Waals surface area contributed by atoms with Gasteiger partial charge in [0, 0.05) is 11.7 Å². The molecule has 6 nitrogen and oxygen atoms in total. The summed E-state index contributed by atoms with van der Waals surface area (Å²) in [4.78, 5) is 23.0. The number of hydrogen-bond acceptors (Lipinski definition) is 4. The van der Waals surface area contributed by atoms with Crippen molar-refractivity contribution < 1.29 is 9.90 Å². The maximum Gasteiger partial charge on any atom is 0.335 e. The molecule has 0 aliphatic carbocycles. The van der Waals surface area contributed by atoms with E-state index in [1.807, 2.05) is 24.3 Å². The van der Waals surface area contributed by atoms with Crippen LogP contribution in [0.4, 0.5) is 5.82 Å². The number of anilines is 1. The highest BCUT2D eigenvalue weighted by atomic mass is 16.4. The minimum atomic E-state index is -0.939. The molecule has 0 fully saturated rings. The summed E-state index contributed by atoms with van der Waals surface area (Å²) in [6, 6.07) is 19.0. The Morgan fingerprint density at radius 3 is 2.52 bits per heavy atom. The maximum atomic E-state index is 11.0. The molecule has 0 aliphatic heterocycles. The van der Waals surface area contributed by atoms with E-state index in [2.05, 4.69) is 39.3 Å². The zero-order valence-electron chi connectivity index (χ0n) is 14.7. The molecule has 0 unspecified atom stereocenters. The van der Waals surface area contributed by atoms with Crippen LogP contribution in [0.15, 0.2) is 67.0 Å². The first-order valence-electron chi connectivity index (χ1n) is 8.61. The van der Waals surface area contributed by atoms with Crippen LogP contribution in [-0.2, 0) is 0 Å². The zero-order valence-corrected chi connectivity index (χ0v) is 14.7. The van der Waals surface area contributed by atoms with Gasteiger partial charge in [-0.3, -0.25) is 0 Å². The van der Waals surface area contributed by atoms with E-state index in [1.165, 1.54) is 11.9 Å². The molecule has 2 aromatic carbocycles. The third kappa shape index (κ3) is 3.37. The fourth-order valence-corrected chi connectivity index (χ4v) is 3.03. The molecule has 0 spiro atoms. The highest BCUT2D eigenvalue weighted by Crippen LogP contribution is 2.29. The van der Waals surface area contributed by atoms with Crippen LogP contribution in [-0.4, -0.2) is 26.0 Å². The minimum absolute atomic E-state index is 0.0949. The number of aromatic amines is 1. The van der Waals surface area contributed by atoms with E-state index in [4.69, 9.17) is 5.11 Å². The highest BCUT2D eigenvalue weighted by molar-refractivity contribution is 5.92. The lowest BCUT2D eigenvalue weighted by Gasteiger charge is -2.15. The van der Waals surface area contributed by atoms with Gasteiger partial charge in [0.15, 0.2) is 0 Å². The topological polar surface area (TPSA) is 90.9 Å². The fraction of sp³-hybridized carbons (Fsp3) is 0.0952. The zero-order chi connectivity index (χ0) is 18.8. The molecule has 27 heavy (non-hydrogen) atoms. The van der Waals surface area contributed by atoms with Crippen LogP contribution in [0.25, 0.3) is 22.3 Å². The molecule has 6 heteroatoms. The van der Waals surface area contributed by atoms with Gasteiger partial charge in [0.2, 0.25) is 0 Å². The molecule has 4 aromatic rings. The third-order valence-corrected chi connectivity index (χ3v) is 4.52. The van der Waals surface area contributed by atoms with Crippen molar-refractivity contribution in [3.8, 4) is 11.3 Å². The third-order valence-electron chi connectivity index (χ3n) is 4.52. The Kier molecular flexibility index (Phi) is 4.30. The van der Waals surface area contributed by atoms with E-state index in [1.54, 1.807) is 24.3 Å². The standard InChI is InChI=1S/C21H18N4O2/c1-13(14-5-3-2-4-6-14)24-19-17-11-18(25-20(17)23-12-22-19)15-7-9-16(10-8-15)21(26)27/h2-13H,1H3,(H,26,27)(H2,22,23,24,25)/t13-/m0/s1. The molecule has 0 bridgehead atoms. The SMILES string of the molecule is C[C@H](Nc1ncnc2[nH]c(-c3ccc(C(=O)O)cc3)cc12)c1ccccc1. The van der Waals surface area contributed by atoms with Gasteiger partial charge in [-0.15, -0.1) is 0 Å². The van der Waals surface area contributed by atoms with E-state index in [0.717, 1.165) is 28.1 Å². The number of nitrogens with one attached hydrogen (secondary N) is 2. The summed E-state index contributed by atoms with van der Waals surface area (Å²) in [6.07, 6.45) is 1.52. The monoisotopic (exact) mass is 358 g/mol. The van der Waals surface area contributed by atoms with Gasteiger partial charge < -0.3 is 15.4 Å². The molecular formula is C21H18N4O2. The summed E-state index contributed by atoms with van der Waals surface area (Å²) < 4.78 is 0. The van der Waals surface area contributed by atoms with Crippen LogP contribution >= 0.6 is 0 Å². The Balaban J connectivity index is 1.67. The largest absolute Gasteiger partial charge is 0.478 e. The average Bonchev–Trinajstić information content (AvgIpc) is 3.14. The number of H-pyrrole nitrogens is 1. The second-order valence-corrected chi connectivity index (χ2v) is 6.33. The van der Waals surface area contributed by atoms with Gasteiger partial charge in [-0.05, 0) is 36.2 Å². The Hall–Kier alpha value is -3.67. The van der Waals surface area contributed by atoms with Crippen molar-refractivity contribution in [2.45, 2.75) is 13.0 Å². The van der Waals surface area contributed by atoms with Gasteiger partial charge in [0.1, 0.15) is 17.8 Å². The van der Waals surface area contributed by atoms with Gasteiger partial charge in [-0.25, -0.2) is 14.8 Å². The summed E-state index contributed by atoms with van der Waals surface area (Å²) in [6.45, 7) is 2.08. The second kappa shape index (κ2) is 6.92. The molecule has 2 aromatic heterocycles. The van der Waals surface area contributed by atoms with Crippen molar-refractivity contribution in [2.75, 3.05) is 5.32 Å². The van der Waals surface area contributed by atoms with Crippen molar-refractivity contribution in [1.82, 2.24) is 15.0 Å². The molecule has 0 aliphatic rings. The summed E-state index contributed by atoms with van der Waals surface area (Å²) in [5.74, 6) is -0.188. The molecule has 4 rings (SSSR count). The number of hydrogen-bond donors (Lipinski definition) is 3. The van der Waals surface area contributed by atoms with Crippen molar-refractivity contribution >= 4 is 22.8 Å². The Morgan fingerprint density at radius 1 is 1.07 bits per heavy atom. The Bertz CT molecular complexity index is 1090. The van der Waals surface area contributed by atoms with E-state index in [-0.39, 0.29) is 11.6 Å². The highest BCUT2D eigenvalue weighted by Gasteiger charge is 2.13. The fourth-order valence-electron chi connectivity index (χ4n) is 3.03. The first-order chi connectivity index (χ1) is 13.1. The molecule has 1 atom stereocenters. The number of benzene rings is 2. The molecule has 3 N–H and O–H groups in total. The second-order valence-electron chi connectivity index (χ2n) is 6.33. The van der Waals surface area contributed by atoms with E-state index < -0.39 is 5.97 Å². The van der Waals surface area contributed by atoms with Crippen LogP contribution in [0.2, 0.25) is 0 Å². The van der Waals surface area contributed by atoms with E-state index in [9.17, 15) is 4.79 Å². The number of carboxylic acids is 1. The number of rotatable bonds is 5. The van der Waals surface area contributed by atoms with Gasteiger partial charge in [-0.2, -0.15) is 0 Å². The molecular weight excluding hydrogens is 340 g/mol. The van der Waals surface area contributed by atoms with Gasteiger partial charge in [0.25, 0.3) is 0 Å². The minimum Gasteiger partial charge on any atom is -0.478 e. The number of aromatic nitrogens is 3. The lowest BCUT2D eigenvalue weighted by molar-refractivity contribution is 0.0697. The van der Waals surface area contributed by atoms with E-state index >= 15 is 0 Å². The van der Waals surface area contributed by atoms with Crippen molar-refractivity contribution in [3.63, 3.8) is 0 Å². The van der Waals surface area contributed by atoms with Crippen LogP contribution in [0, 0.1) is 0 Å². The summed E-state index contributed by atoms with van der Waals surface area (Å²) in [5, 5.41) is 13.4. The van der Waals surface area contributed by atoms with Crippen LogP contribution in [0.1, 0.15) is 28.9 Å². The number of aromatic carboxylic acids is 1. The Labute approximate surface area is 155 Å².